The molecule has 1 saturated heterocycles. The van der Waals surface area contributed by atoms with E-state index in [9.17, 15) is 9.59 Å². The van der Waals surface area contributed by atoms with E-state index in [4.69, 9.17) is 21.4 Å². The van der Waals surface area contributed by atoms with Gasteiger partial charge in [-0.1, -0.05) is 36.5 Å². The van der Waals surface area contributed by atoms with Gasteiger partial charge in [-0.2, -0.15) is 0 Å². The molecule has 2 rings (SSSR count). The Morgan fingerprint density at radius 3 is 2.69 bits per heavy atom. The number of likely N-dealkylation sites (tertiary alicyclic amines) is 1. The van der Waals surface area contributed by atoms with E-state index in [0.29, 0.717) is 37.6 Å². The average Bonchev–Trinajstić information content (AvgIpc) is 2.61. The summed E-state index contributed by atoms with van der Waals surface area (Å²) >= 11 is 10.1. The van der Waals surface area contributed by atoms with Crippen molar-refractivity contribution >= 4 is 36.3 Å². The van der Waals surface area contributed by atoms with Gasteiger partial charge in [-0.05, 0) is 37.5 Å². The third-order valence-corrected chi connectivity index (χ3v) is 5.07. The fraction of sp³-hybridized carbons (Fsp3) is 0.556. The number of amides is 1. The number of carbonyl (C=O) groups excluding carboxylic acids is 1. The second-order valence-electron chi connectivity index (χ2n) is 6.36. The molecular formula is C18H25ClN2O4S. The Morgan fingerprint density at radius 2 is 2.12 bits per heavy atom. The molecule has 144 valence electrons. The first-order valence-corrected chi connectivity index (χ1v) is 9.54. The molecule has 3 unspecified atom stereocenters. The minimum Gasteiger partial charge on any atom is -0.481 e. The fourth-order valence-electron chi connectivity index (χ4n) is 3.43. The number of carboxylic acids is 1. The third kappa shape index (κ3) is 5.36. The summed E-state index contributed by atoms with van der Waals surface area (Å²) in [4.78, 5) is 26.0. The summed E-state index contributed by atoms with van der Waals surface area (Å²) in [5.74, 6) is -1.62. The van der Waals surface area contributed by atoms with E-state index < -0.39 is 11.9 Å². The van der Waals surface area contributed by atoms with E-state index in [1.54, 1.807) is 17.0 Å². The summed E-state index contributed by atoms with van der Waals surface area (Å²) in [6.45, 7) is 3.24. The molecule has 1 fully saturated rings. The Kier molecular flexibility index (Phi) is 8.21. The van der Waals surface area contributed by atoms with E-state index in [2.05, 4.69) is 17.5 Å². The van der Waals surface area contributed by atoms with E-state index in [-0.39, 0.29) is 24.4 Å². The monoisotopic (exact) mass is 400 g/mol. The van der Waals surface area contributed by atoms with Crippen molar-refractivity contribution in [2.45, 2.75) is 38.3 Å². The highest BCUT2D eigenvalue weighted by atomic mass is 35.5. The minimum absolute atomic E-state index is 0.142. The largest absolute Gasteiger partial charge is 0.481 e. The van der Waals surface area contributed by atoms with Gasteiger partial charge < -0.3 is 14.7 Å². The fourth-order valence-corrected chi connectivity index (χ4v) is 3.77. The number of carbonyl (C=O) groups is 2. The molecule has 8 heteroatoms. The van der Waals surface area contributed by atoms with E-state index in [0.717, 1.165) is 5.56 Å². The Hall–Kier alpha value is -1.28. The summed E-state index contributed by atoms with van der Waals surface area (Å²) in [5, 5.41) is 9.77. The van der Waals surface area contributed by atoms with E-state index in [1.807, 2.05) is 19.1 Å². The molecule has 1 heterocycles. The Balaban J connectivity index is 2.33. The van der Waals surface area contributed by atoms with Crippen LogP contribution in [-0.4, -0.2) is 47.7 Å². The van der Waals surface area contributed by atoms with Gasteiger partial charge in [0.05, 0.1) is 25.1 Å². The third-order valence-electron chi connectivity index (χ3n) is 4.64. The van der Waals surface area contributed by atoms with Gasteiger partial charge in [0.2, 0.25) is 5.91 Å². The highest BCUT2D eigenvalue weighted by molar-refractivity contribution is 7.78. The van der Waals surface area contributed by atoms with Crippen molar-refractivity contribution in [3.05, 3.63) is 34.9 Å². The molecule has 0 bridgehead atoms. The summed E-state index contributed by atoms with van der Waals surface area (Å²) in [7, 11) is 0. The van der Waals surface area contributed by atoms with Gasteiger partial charge >= 0.3 is 5.97 Å². The first kappa shape index (κ1) is 21.0. The first-order chi connectivity index (χ1) is 12.5. The molecule has 1 aliphatic heterocycles. The number of thiol groups is 1. The number of benzene rings is 1. The maximum atomic E-state index is 13.1. The maximum absolute atomic E-state index is 13.1. The van der Waals surface area contributed by atoms with Crippen molar-refractivity contribution in [1.82, 2.24) is 9.62 Å². The molecule has 1 aromatic carbocycles. The number of carboxylic acid groups (broad SMARTS) is 1. The number of nitrogens with zero attached hydrogens (tertiary/aromatic N) is 1. The number of aliphatic carboxylic acids is 1. The quantitative estimate of drug-likeness (QED) is 0.555. The number of nitrogens with one attached hydrogen (secondary N) is 1. The second kappa shape index (κ2) is 10.2. The molecule has 0 aliphatic carbocycles. The number of ether oxygens (including phenoxy) is 1. The smallest absolute Gasteiger partial charge is 0.304 e. The average molecular weight is 401 g/mol. The molecule has 0 spiro atoms. The molecule has 26 heavy (non-hydrogen) atoms. The number of piperidine rings is 1. The Labute approximate surface area is 164 Å². The highest BCUT2D eigenvalue weighted by Crippen LogP contribution is 2.37. The van der Waals surface area contributed by atoms with Gasteiger partial charge in [-0.15, -0.1) is 0 Å². The van der Waals surface area contributed by atoms with Gasteiger partial charge in [0.15, 0.2) is 0 Å². The van der Waals surface area contributed by atoms with Crippen molar-refractivity contribution in [2.75, 3.05) is 19.8 Å². The summed E-state index contributed by atoms with van der Waals surface area (Å²) in [6, 6.07) is 7.05. The molecule has 0 radical (unpaired) electrons. The topological polar surface area (TPSA) is 78.9 Å². The molecule has 1 amide bonds. The van der Waals surface area contributed by atoms with Gasteiger partial charge in [0, 0.05) is 24.1 Å². The van der Waals surface area contributed by atoms with Gasteiger partial charge in [-0.3, -0.25) is 14.3 Å². The van der Waals surface area contributed by atoms with Crippen LogP contribution in [0.5, 0.6) is 0 Å². The van der Waals surface area contributed by atoms with Crippen LogP contribution in [0.3, 0.4) is 0 Å². The van der Waals surface area contributed by atoms with Crippen LogP contribution < -0.4 is 4.72 Å². The van der Waals surface area contributed by atoms with Crippen molar-refractivity contribution in [1.29, 1.82) is 0 Å². The molecule has 2 N–H and O–H groups in total. The molecule has 1 aliphatic rings. The lowest BCUT2D eigenvalue weighted by molar-refractivity contribution is -0.152. The molecular weight excluding hydrogens is 376 g/mol. The van der Waals surface area contributed by atoms with Crippen LogP contribution in [-0.2, 0) is 14.3 Å². The van der Waals surface area contributed by atoms with Crippen LogP contribution in [0.15, 0.2) is 24.3 Å². The molecule has 6 nitrogen and oxygen atoms in total. The van der Waals surface area contributed by atoms with Crippen LogP contribution in [0, 0.1) is 5.92 Å². The van der Waals surface area contributed by atoms with Crippen molar-refractivity contribution in [3.8, 4) is 0 Å². The van der Waals surface area contributed by atoms with Crippen LogP contribution in [0.25, 0.3) is 0 Å². The van der Waals surface area contributed by atoms with Crippen LogP contribution in [0.2, 0.25) is 5.02 Å². The number of halogens is 1. The normalized spacial score (nSPS) is 21.7. The summed E-state index contributed by atoms with van der Waals surface area (Å²) in [5.41, 5.74) is 0.984. The molecule has 0 saturated carbocycles. The lowest BCUT2D eigenvalue weighted by Gasteiger charge is -2.44. The zero-order valence-electron chi connectivity index (χ0n) is 14.7. The SMILES string of the molecule is CCOCC(CNS)N1C(=O)C(CC(=O)O)CCC1c1ccc(Cl)cc1. The number of rotatable bonds is 9. The van der Waals surface area contributed by atoms with E-state index >= 15 is 0 Å². The summed E-state index contributed by atoms with van der Waals surface area (Å²) in [6.07, 6.45) is 1.09. The van der Waals surface area contributed by atoms with Gasteiger partial charge in [0.1, 0.15) is 0 Å². The standard InChI is InChI=1S/C18H25ClN2O4S/c1-2-25-11-15(10-20-26)21-16(12-3-6-14(19)7-4-12)8-5-13(18(21)24)9-17(22)23/h3-4,6-7,13,15-16,20,26H,2,5,8-11H2,1H3,(H,22,23). The molecule has 1 aromatic rings. The lowest BCUT2D eigenvalue weighted by Crippen LogP contribution is -2.53. The number of hydrogen-bond donors (Lipinski definition) is 3. The lowest BCUT2D eigenvalue weighted by atomic mass is 9.85. The summed E-state index contributed by atoms with van der Waals surface area (Å²) < 4.78 is 8.38. The highest BCUT2D eigenvalue weighted by Gasteiger charge is 2.40. The van der Waals surface area contributed by atoms with Crippen molar-refractivity contribution < 1.29 is 19.4 Å². The van der Waals surface area contributed by atoms with Crippen LogP contribution in [0.1, 0.15) is 37.8 Å². The van der Waals surface area contributed by atoms with Crippen LogP contribution >= 0.6 is 24.4 Å². The molecule has 3 atom stereocenters. The predicted octanol–water partition coefficient (Wildman–Crippen LogP) is 2.93. The second-order valence-corrected chi connectivity index (χ2v) is 7.11. The van der Waals surface area contributed by atoms with Crippen molar-refractivity contribution in [2.24, 2.45) is 5.92 Å². The predicted molar refractivity (Wildman–Crippen MR) is 103 cm³/mol. The zero-order valence-corrected chi connectivity index (χ0v) is 16.4. The Bertz CT molecular complexity index is 614. The maximum Gasteiger partial charge on any atom is 0.304 e. The minimum atomic E-state index is -0.957. The zero-order chi connectivity index (χ0) is 19.1. The van der Waals surface area contributed by atoms with Crippen LogP contribution in [0.4, 0.5) is 0 Å². The van der Waals surface area contributed by atoms with Gasteiger partial charge in [-0.25, -0.2) is 0 Å². The molecule has 0 aromatic heterocycles. The Morgan fingerprint density at radius 1 is 1.42 bits per heavy atom. The first-order valence-electron chi connectivity index (χ1n) is 8.72. The van der Waals surface area contributed by atoms with E-state index in [1.165, 1.54) is 0 Å². The number of hydrogen-bond acceptors (Lipinski definition) is 5. The van der Waals surface area contributed by atoms with Crippen molar-refractivity contribution in [3.63, 3.8) is 0 Å². The van der Waals surface area contributed by atoms with Gasteiger partial charge in [0.25, 0.3) is 0 Å².